The summed E-state index contributed by atoms with van der Waals surface area (Å²) in [6.07, 6.45) is 0.600. The van der Waals surface area contributed by atoms with Gasteiger partial charge in [0.25, 0.3) is 0 Å². The number of carboxylic acids is 1. The van der Waals surface area contributed by atoms with E-state index in [-0.39, 0.29) is 23.4 Å². The van der Waals surface area contributed by atoms with Crippen LogP contribution in [0.2, 0.25) is 0 Å². The van der Waals surface area contributed by atoms with Gasteiger partial charge in [0.05, 0.1) is 4.90 Å². The number of nitrogens with one attached hydrogen (secondary N) is 2. The van der Waals surface area contributed by atoms with E-state index >= 15 is 0 Å². The zero-order valence-corrected chi connectivity index (χ0v) is 13.3. The van der Waals surface area contributed by atoms with E-state index in [0.717, 1.165) is 5.69 Å². The van der Waals surface area contributed by atoms with Crippen molar-refractivity contribution in [3.63, 3.8) is 0 Å². The first-order valence-corrected chi connectivity index (χ1v) is 8.30. The molecule has 21 heavy (non-hydrogen) atoms. The summed E-state index contributed by atoms with van der Waals surface area (Å²) in [6, 6.07) is 6.23. The van der Waals surface area contributed by atoms with E-state index in [0.29, 0.717) is 6.42 Å². The zero-order chi connectivity index (χ0) is 16.0. The SMILES string of the molecule is CC(C)NS(=O)(=O)c1ccc(NC(C)CCC(=O)O)cc1. The first-order chi connectivity index (χ1) is 9.70. The minimum atomic E-state index is -3.48. The molecule has 7 heteroatoms. The second-order valence-corrected chi connectivity index (χ2v) is 6.99. The first-order valence-electron chi connectivity index (χ1n) is 6.81. The third-order valence-corrected chi connectivity index (χ3v) is 4.43. The van der Waals surface area contributed by atoms with Gasteiger partial charge in [0.2, 0.25) is 10.0 Å². The van der Waals surface area contributed by atoms with Crippen LogP contribution in [0.15, 0.2) is 29.2 Å². The number of hydrogen-bond acceptors (Lipinski definition) is 4. The topological polar surface area (TPSA) is 95.5 Å². The second-order valence-electron chi connectivity index (χ2n) is 5.28. The lowest BCUT2D eigenvalue weighted by atomic mass is 10.1. The van der Waals surface area contributed by atoms with Crippen LogP contribution in [0.4, 0.5) is 5.69 Å². The molecule has 0 fully saturated rings. The summed E-state index contributed by atoms with van der Waals surface area (Å²) >= 11 is 0. The quantitative estimate of drug-likeness (QED) is 0.682. The molecule has 6 nitrogen and oxygen atoms in total. The summed E-state index contributed by atoms with van der Waals surface area (Å²) in [6.45, 7) is 5.41. The fourth-order valence-corrected chi connectivity index (χ4v) is 3.06. The maximum absolute atomic E-state index is 12.0. The molecule has 0 amide bonds. The highest BCUT2D eigenvalue weighted by Crippen LogP contribution is 2.16. The van der Waals surface area contributed by atoms with Gasteiger partial charge in [0.1, 0.15) is 0 Å². The minimum Gasteiger partial charge on any atom is -0.481 e. The molecule has 0 aromatic heterocycles. The highest BCUT2D eigenvalue weighted by atomic mass is 32.2. The van der Waals surface area contributed by atoms with Crippen LogP contribution in [-0.2, 0) is 14.8 Å². The molecule has 0 saturated heterocycles. The van der Waals surface area contributed by atoms with Crippen molar-refractivity contribution in [3.05, 3.63) is 24.3 Å². The van der Waals surface area contributed by atoms with E-state index in [1.165, 1.54) is 12.1 Å². The van der Waals surface area contributed by atoms with Gasteiger partial charge in [-0.1, -0.05) is 0 Å². The Bertz CT molecular complexity index is 567. The fraction of sp³-hybridized carbons (Fsp3) is 0.500. The number of anilines is 1. The largest absolute Gasteiger partial charge is 0.481 e. The Morgan fingerprint density at radius 3 is 2.24 bits per heavy atom. The second kappa shape index (κ2) is 7.42. The van der Waals surface area contributed by atoms with Gasteiger partial charge in [0, 0.05) is 24.2 Å². The van der Waals surface area contributed by atoms with Crippen molar-refractivity contribution in [3.8, 4) is 0 Å². The summed E-state index contributed by atoms with van der Waals surface area (Å²) in [5.74, 6) is -0.829. The third-order valence-electron chi connectivity index (χ3n) is 2.76. The van der Waals surface area contributed by atoms with Crippen LogP contribution in [0.25, 0.3) is 0 Å². The predicted molar refractivity (Wildman–Crippen MR) is 81.9 cm³/mol. The first kappa shape index (κ1) is 17.5. The van der Waals surface area contributed by atoms with Crippen molar-refractivity contribution in [1.82, 2.24) is 4.72 Å². The number of sulfonamides is 1. The Morgan fingerprint density at radius 1 is 1.19 bits per heavy atom. The van der Waals surface area contributed by atoms with Crippen LogP contribution in [-0.4, -0.2) is 31.6 Å². The normalized spacial score (nSPS) is 13.1. The molecule has 1 unspecified atom stereocenters. The molecule has 1 aromatic carbocycles. The van der Waals surface area contributed by atoms with Gasteiger partial charge in [-0.3, -0.25) is 4.79 Å². The summed E-state index contributed by atoms with van der Waals surface area (Å²) in [5, 5.41) is 11.8. The van der Waals surface area contributed by atoms with Gasteiger partial charge in [-0.25, -0.2) is 13.1 Å². The Hall–Kier alpha value is -1.60. The molecule has 1 rings (SSSR count). The van der Waals surface area contributed by atoms with Gasteiger partial charge in [-0.15, -0.1) is 0 Å². The molecular formula is C14H22N2O4S. The van der Waals surface area contributed by atoms with Crippen LogP contribution in [0, 0.1) is 0 Å². The molecule has 0 radical (unpaired) electrons. The Kier molecular flexibility index (Phi) is 6.17. The van der Waals surface area contributed by atoms with Gasteiger partial charge in [-0.2, -0.15) is 0 Å². The van der Waals surface area contributed by atoms with Crippen molar-refractivity contribution in [2.75, 3.05) is 5.32 Å². The summed E-state index contributed by atoms with van der Waals surface area (Å²) in [7, 11) is -3.48. The van der Waals surface area contributed by atoms with Crippen LogP contribution >= 0.6 is 0 Å². The molecule has 0 aliphatic rings. The van der Waals surface area contributed by atoms with Crippen molar-refractivity contribution in [1.29, 1.82) is 0 Å². The minimum absolute atomic E-state index is 0.00246. The number of hydrogen-bond donors (Lipinski definition) is 3. The van der Waals surface area contributed by atoms with E-state index in [1.54, 1.807) is 26.0 Å². The smallest absolute Gasteiger partial charge is 0.303 e. The fourth-order valence-electron chi connectivity index (χ4n) is 1.81. The summed E-state index contributed by atoms with van der Waals surface area (Å²) in [5.41, 5.74) is 0.761. The standard InChI is InChI=1S/C14H22N2O4S/c1-10(2)16-21(19,20)13-7-5-12(6-8-13)15-11(3)4-9-14(17)18/h5-8,10-11,15-16H,4,9H2,1-3H3,(H,17,18). The number of carbonyl (C=O) groups is 1. The van der Waals surface area contributed by atoms with Crippen LogP contribution in [0.5, 0.6) is 0 Å². The van der Waals surface area contributed by atoms with E-state index < -0.39 is 16.0 Å². The van der Waals surface area contributed by atoms with Gasteiger partial charge in [0.15, 0.2) is 0 Å². The highest BCUT2D eigenvalue weighted by Gasteiger charge is 2.15. The van der Waals surface area contributed by atoms with Gasteiger partial charge < -0.3 is 10.4 Å². The third kappa shape index (κ3) is 6.14. The lowest BCUT2D eigenvalue weighted by Gasteiger charge is -2.15. The number of carboxylic acid groups (broad SMARTS) is 1. The molecule has 0 saturated carbocycles. The molecule has 0 aliphatic carbocycles. The maximum Gasteiger partial charge on any atom is 0.303 e. The number of aliphatic carboxylic acids is 1. The van der Waals surface area contributed by atoms with Crippen LogP contribution in [0.3, 0.4) is 0 Å². The molecule has 0 heterocycles. The van der Waals surface area contributed by atoms with E-state index in [1.807, 2.05) is 6.92 Å². The Balaban J connectivity index is 2.68. The average molecular weight is 314 g/mol. The van der Waals surface area contributed by atoms with Gasteiger partial charge >= 0.3 is 5.97 Å². The highest BCUT2D eigenvalue weighted by molar-refractivity contribution is 7.89. The Labute approximate surface area is 125 Å². The molecular weight excluding hydrogens is 292 g/mol. The van der Waals surface area contributed by atoms with E-state index in [4.69, 9.17) is 5.11 Å². The molecule has 118 valence electrons. The number of rotatable bonds is 8. The van der Waals surface area contributed by atoms with Crippen molar-refractivity contribution in [2.24, 2.45) is 0 Å². The lowest BCUT2D eigenvalue weighted by Crippen LogP contribution is -2.30. The monoisotopic (exact) mass is 314 g/mol. The molecule has 0 bridgehead atoms. The van der Waals surface area contributed by atoms with Crippen LogP contribution < -0.4 is 10.0 Å². The van der Waals surface area contributed by atoms with Crippen molar-refractivity contribution >= 4 is 21.7 Å². The zero-order valence-electron chi connectivity index (χ0n) is 12.5. The van der Waals surface area contributed by atoms with E-state index in [2.05, 4.69) is 10.0 Å². The van der Waals surface area contributed by atoms with Crippen molar-refractivity contribution in [2.45, 2.75) is 50.6 Å². The molecule has 1 atom stereocenters. The molecule has 0 aliphatic heterocycles. The average Bonchev–Trinajstić information content (AvgIpc) is 2.35. The molecule has 1 aromatic rings. The predicted octanol–water partition coefficient (Wildman–Crippen LogP) is 2.04. The van der Waals surface area contributed by atoms with Crippen LogP contribution in [0.1, 0.15) is 33.6 Å². The van der Waals surface area contributed by atoms with E-state index in [9.17, 15) is 13.2 Å². The molecule has 3 N–H and O–H groups in total. The lowest BCUT2D eigenvalue weighted by molar-refractivity contribution is -0.137. The molecule has 0 spiro atoms. The Morgan fingerprint density at radius 2 is 1.76 bits per heavy atom. The van der Waals surface area contributed by atoms with Crippen molar-refractivity contribution < 1.29 is 18.3 Å². The summed E-state index contributed by atoms with van der Waals surface area (Å²) < 4.78 is 26.4. The van der Waals surface area contributed by atoms with Gasteiger partial charge in [-0.05, 0) is 51.5 Å². The number of benzene rings is 1. The summed E-state index contributed by atoms with van der Waals surface area (Å²) in [4.78, 5) is 10.7. The maximum atomic E-state index is 12.0.